The largest absolute Gasteiger partial charge is 0.452 e. The molecule has 23 heavy (non-hydrogen) atoms. The maximum absolute atomic E-state index is 11.7. The summed E-state index contributed by atoms with van der Waals surface area (Å²) in [6.07, 6.45) is 0. The molecule has 0 bridgehead atoms. The number of carbonyl (C=O) groups is 3. The molecule has 2 rings (SSSR count). The summed E-state index contributed by atoms with van der Waals surface area (Å²) < 4.78 is 5.40. The average molecular weight is 373 g/mol. The van der Waals surface area contributed by atoms with Gasteiger partial charge in [-0.15, -0.1) is 0 Å². The number of nitrogens with zero attached hydrogens (tertiary/aromatic N) is 1. The minimum absolute atomic E-state index is 0.0663. The van der Waals surface area contributed by atoms with Crippen molar-refractivity contribution in [2.75, 3.05) is 25.4 Å². The second-order valence-corrected chi connectivity index (χ2v) is 6.58. The van der Waals surface area contributed by atoms with Crippen molar-refractivity contribution in [3.05, 3.63) is 34.9 Å². The molecule has 0 aromatic heterocycles. The summed E-state index contributed by atoms with van der Waals surface area (Å²) in [5, 5.41) is 3.07. The number of rotatable bonds is 6. The highest BCUT2D eigenvalue weighted by molar-refractivity contribution is 8.23. The zero-order chi connectivity index (χ0) is 16.8. The summed E-state index contributed by atoms with van der Waals surface area (Å²) in [4.78, 5) is 36.3. The first kappa shape index (κ1) is 17.7. The van der Waals surface area contributed by atoms with Crippen LogP contribution in [0.15, 0.2) is 24.3 Å². The third-order valence-corrected chi connectivity index (χ3v) is 4.60. The van der Waals surface area contributed by atoms with Gasteiger partial charge in [0, 0.05) is 18.1 Å². The van der Waals surface area contributed by atoms with Crippen molar-refractivity contribution < 1.29 is 19.1 Å². The molecule has 1 aliphatic rings. The van der Waals surface area contributed by atoms with Crippen LogP contribution in [0.5, 0.6) is 0 Å². The van der Waals surface area contributed by atoms with Gasteiger partial charge < -0.3 is 10.1 Å². The van der Waals surface area contributed by atoms with Gasteiger partial charge in [-0.1, -0.05) is 35.6 Å². The van der Waals surface area contributed by atoms with Gasteiger partial charge in [0.05, 0.1) is 11.3 Å². The number of thiocarbonyl (C=S) groups is 1. The summed E-state index contributed by atoms with van der Waals surface area (Å²) in [6, 6.07) is 6.15. The predicted octanol–water partition coefficient (Wildman–Crippen LogP) is 1.47. The molecule has 0 saturated carbocycles. The maximum atomic E-state index is 11.7. The molecule has 1 saturated heterocycles. The number of thioether (sulfide) groups is 1. The summed E-state index contributed by atoms with van der Waals surface area (Å²) in [6.45, 7) is 0.153. The number of benzene rings is 1. The van der Waals surface area contributed by atoms with E-state index in [1.54, 1.807) is 12.1 Å². The van der Waals surface area contributed by atoms with Crippen molar-refractivity contribution in [1.29, 1.82) is 0 Å². The molecular formula is C14H13ClN2O4S2. The van der Waals surface area contributed by atoms with Crippen molar-refractivity contribution in [2.24, 2.45) is 0 Å². The van der Waals surface area contributed by atoms with Crippen LogP contribution in [0.2, 0.25) is 5.02 Å². The van der Waals surface area contributed by atoms with Gasteiger partial charge >= 0.3 is 5.97 Å². The van der Waals surface area contributed by atoms with E-state index in [4.69, 9.17) is 28.6 Å². The number of nitrogens with one attached hydrogen (secondary N) is 1. The Labute approximate surface area is 147 Å². The van der Waals surface area contributed by atoms with Crippen LogP contribution >= 0.6 is 35.6 Å². The van der Waals surface area contributed by atoms with Gasteiger partial charge in [0.15, 0.2) is 6.61 Å². The lowest BCUT2D eigenvalue weighted by Gasteiger charge is -2.15. The lowest BCUT2D eigenvalue weighted by molar-refractivity contribution is -0.126. The van der Waals surface area contributed by atoms with E-state index < -0.39 is 18.5 Å². The van der Waals surface area contributed by atoms with Crippen LogP contribution in [0.4, 0.5) is 0 Å². The second kappa shape index (κ2) is 8.28. The van der Waals surface area contributed by atoms with Crippen molar-refractivity contribution in [3.63, 3.8) is 0 Å². The zero-order valence-electron chi connectivity index (χ0n) is 11.9. The Morgan fingerprint density at radius 1 is 1.35 bits per heavy atom. The van der Waals surface area contributed by atoms with Crippen LogP contribution in [0, 0.1) is 0 Å². The van der Waals surface area contributed by atoms with E-state index in [1.165, 1.54) is 28.8 Å². The van der Waals surface area contributed by atoms with Gasteiger partial charge in [0.25, 0.3) is 5.91 Å². The van der Waals surface area contributed by atoms with Crippen LogP contribution in [0.3, 0.4) is 0 Å². The molecular weight excluding hydrogens is 360 g/mol. The molecule has 1 aromatic carbocycles. The molecule has 6 nitrogen and oxygen atoms in total. The number of esters is 1. The van der Waals surface area contributed by atoms with Crippen molar-refractivity contribution in [1.82, 2.24) is 10.2 Å². The Morgan fingerprint density at radius 3 is 2.65 bits per heavy atom. The van der Waals surface area contributed by atoms with Crippen LogP contribution in [0.1, 0.15) is 10.4 Å². The lowest BCUT2D eigenvalue weighted by Crippen LogP contribution is -2.38. The second-order valence-electron chi connectivity index (χ2n) is 4.53. The predicted molar refractivity (Wildman–Crippen MR) is 91.5 cm³/mol. The van der Waals surface area contributed by atoms with Gasteiger partial charge in [-0.2, -0.15) is 0 Å². The molecule has 1 N–H and O–H groups in total. The highest BCUT2D eigenvalue weighted by Crippen LogP contribution is 2.18. The SMILES string of the molecule is O=C(COC(=O)c1ccc(Cl)cc1)NCCN1C(=O)CSC1=S. The molecule has 0 aliphatic carbocycles. The number of halogens is 1. The Bertz CT molecular complexity index is 620. The first-order valence-corrected chi connectivity index (χ1v) is 8.41. The smallest absolute Gasteiger partial charge is 0.338 e. The molecule has 1 aliphatic heterocycles. The molecule has 1 aromatic rings. The van der Waals surface area contributed by atoms with Crippen molar-refractivity contribution in [2.45, 2.75) is 0 Å². The van der Waals surface area contributed by atoms with Crippen LogP contribution < -0.4 is 5.32 Å². The van der Waals surface area contributed by atoms with Gasteiger partial charge in [0.1, 0.15) is 4.32 Å². The topological polar surface area (TPSA) is 75.7 Å². The standard InChI is InChI=1S/C14H13ClN2O4S2/c15-10-3-1-9(2-4-10)13(20)21-7-11(18)16-5-6-17-12(19)8-23-14(17)22/h1-4H,5-8H2,(H,16,18). The Morgan fingerprint density at radius 2 is 2.04 bits per heavy atom. The zero-order valence-corrected chi connectivity index (χ0v) is 14.3. The molecule has 122 valence electrons. The summed E-state index contributed by atoms with van der Waals surface area (Å²) in [5.41, 5.74) is 0.312. The van der Waals surface area contributed by atoms with Gasteiger partial charge in [0.2, 0.25) is 5.91 Å². The fourth-order valence-corrected chi connectivity index (χ4v) is 3.00. The minimum Gasteiger partial charge on any atom is -0.452 e. The van der Waals surface area contributed by atoms with E-state index in [9.17, 15) is 14.4 Å². The molecule has 0 unspecified atom stereocenters. The van der Waals surface area contributed by atoms with E-state index in [0.29, 0.717) is 27.2 Å². The number of ether oxygens (including phenoxy) is 1. The number of carbonyl (C=O) groups excluding carboxylic acids is 3. The van der Waals surface area contributed by atoms with E-state index >= 15 is 0 Å². The molecule has 0 atom stereocenters. The van der Waals surface area contributed by atoms with E-state index in [2.05, 4.69) is 5.32 Å². The lowest BCUT2D eigenvalue weighted by atomic mass is 10.2. The van der Waals surface area contributed by atoms with Gasteiger partial charge in [-0.05, 0) is 24.3 Å². The Hall–Kier alpha value is -1.64. The molecule has 0 radical (unpaired) electrons. The van der Waals surface area contributed by atoms with Crippen molar-refractivity contribution >= 4 is 57.7 Å². The monoisotopic (exact) mass is 372 g/mol. The number of hydrogen-bond donors (Lipinski definition) is 1. The third-order valence-electron chi connectivity index (χ3n) is 2.91. The maximum Gasteiger partial charge on any atom is 0.338 e. The van der Waals surface area contributed by atoms with Crippen LogP contribution in [-0.2, 0) is 14.3 Å². The number of hydrogen-bond acceptors (Lipinski definition) is 6. The van der Waals surface area contributed by atoms with Crippen LogP contribution in [-0.4, -0.2) is 52.5 Å². The van der Waals surface area contributed by atoms with Crippen molar-refractivity contribution in [3.8, 4) is 0 Å². The van der Waals surface area contributed by atoms with Crippen LogP contribution in [0.25, 0.3) is 0 Å². The Balaban J connectivity index is 1.69. The fourth-order valence-electron chi connectivity index (χ4n) is 1.76. The Kier molecular flexibility index (Phi) is 6.37. The summed E-state index contributed by atoms with van der Waals surface area (Å²) in [7, 11) is 0. The molecule has 2 amide bonds. The summed E-state index contributed by atoms with van der Waals surface area (Å²) in [5.74, 6) is -0.782. The first-order chi connectivity index (χ1) is 11.0. The van der Waals surface area contributed by atoms with E-state index in [1.807, 2.05) is 0 Å². The normalized spacial score (nSPS) is 14.0. The first-order valence-electron chi connectivity index (χ1n) is 6.64. The molecule has 1 fully saturated rings. The van der Waals surface area contributed by atoms with E-state index in [0.717, 1.165) is 0 Å². The molecule has 9 heteroatoms. The minimum atomic E-state index is -0.607. The van der Waals surface area contributed by atoms with E-state index in [-0.39, 0.29) is 12.5 Å². The highest BCUT2D eigenvalue weighted by Gasteiger charge is 2.25. The summed E-state index contributed by atoms with van der Waals surface area (Å²) >= 11 is 12.0. The number of amides is 2. The average Bonchev–Trinajstić information content (AvgIpc) is 2.85. The van der Waals surface area contributed by atoms with Gasteiger partial charge in [-0.25, -0.2) is 4.79 Å². The quantitative estimate of drug-likeness (QED) is 0.602. The highest BCUT2D eigenvalue weighted by atomic mass is 35.5. The third kappa shape index (κ3) is 5.19. The molecule has 0 spiro atoms. The fraction of sp³-hybridized carbons (Fsp3) is 0.286. The van der Waals surface area contributed by atoms with Gasteiger partial charge in [-0.3, -0.25) is 14.5 Å². The molecule has 1 heterocycles.